The number of carbonyl (C=O) groups is 1. The largest absolute Gasteiger partial charge is 0.468 e. The Hall–Kier alpha value is -1.61. The molecule has 0 spiro atoms. The predicted octanol–water partition coefficient (Wildman–Crippen LogP) is 4.54. The first-order valence-corrected chi connectivity index (χ1v) is 8.61. The van der Waals surface area contributed by atoms with Crippen LogP contribution in [0.4, 0.5) is 0 Å². The van der Waals surface area contributed by atoms with Gasteiger partial charge in [-0.3, -0.25) is 4.79 Å². The second-order valence-electron chi connectivity index (χ2n) is 6.85. The second kappa shape index (κ2) is 6.48. The Labute approximate surface area is 138 Å². The third-order valence-corrected chi connectivity index (χ3v) is 5.38. The molecule has 1 aromatic carbocycles. The molecule has 1 atom stereocenters. The minimum atomic E-state index is 0.163. The van der Waals surface area contributed by atoms with Crippen LogP contribution < -0.4 is 4.74 Å². The highest BCUT2D eigenvalue weighted by Gasteiger charge is 2.45. The molecule has 0 N–H and O–H groups in total. The first kappa shape index (κ1) is 16.3. The van der Waals surface area contributed by atoms with E-state index in [1.54, 1.807) is 7.11 Å². The fourth-order valence-corrected chi connectivity index (χ4v) is 4.26. The van der Waals surface area contributed by atoms with Crippen molar-refractivity contribution < 1.29 is 14.3 Å². The van der Waals surface area contributed by atoms with Crippen molar-refractivity contribution in [1.82, 2.24) is 0 Å². The smallest absolute Gasteiger partial charge is 0.188 e. The SMILES string of the molecule is CCCCC12CCC(=O)C(C)=C1c1ccc(OCOC)cc1C2. The summed E-state index contributed by atoms with van der Waals surface area (Å²) in [5.41, 5.74) is 5.04. The third-order valence-electron chi connectivity index (χ3n) is 5.38. The zero-order chi connectivity index (χ0) is 16.4. The molecule has 0 bridgehead atoms. The minimum absolute atomic E-state index is 0.163. The standard InChI is InChI=1S/C20H26O3/c1-4-5-9-20-10-8-18(21)14(2)19(20)17-7-6-16(23-13-22-3)11-15(17)12-20/h6-7,11H,4-5,8-10,12-13H2,1-3H3. The molecule has 3 rings (SSSR count). The fraction of sp³-hybridized carbons (Fsp3) is 0.550. The van der Waals surface area contributed by atoms with E-state index >= 15 is 0 Å². The van der Waals surface area contributed by atoms with Crippen LogP contribution in [0.15, 0.2) is 23.8 Å². The quantitative estimate of drug-likeness (QED) is 0.723. The van der Waals surface area contributed by atoms with Gasteiger partial charge in [-0.05, 0) is 60.6 Å². The number of rotatable bonds is 6. The summed E-state index contributed by atoms with van der Waals surface area (Å²) in [5.74, 6) is 1.17. The molecule has 0 heterocycles. The molecule has 0 saturated carbocycles. The molecule has 1 unspecified atom stereocenters. The molecule has 1 aromatic rings. The molecular weight excluding hydrogens is 288 g/mol. The molecule has 0 aromatic heterocycles. The van der Waals surface area contributed by atoms with Crippen molar-refractivity contribution in [3.63, 3.8) is 0 Å². The van der Waals surface area contributed by atoms with Gasteiger partial charge < -0.3 is 9.47 Å². The van der Waals surface area contributed by atoms with Crippen molar-refractivity contribution in [3.05, 3.63) is 34.9 Å². The molecule has 2 aliphatic carbocycles. The maximum absolute atomic E-state index is 12.3. The summed E-state index contributed by atoms with van der Waals surface area (Å²) in [4.78, 5) is 12.3. The van der Waals surface area contributed by atoms with E-state index < -0.39 is 0 Å². The van der Waals surface area contributed by atoms with E-state index in [2.05, 4.69) is 19.1 Å². The maximum Gasteiger partial charge on any atom is 0.188 e. The van der Waals surface area contributed by atoms with Crippen molar-refractivity contribution in [2.75, 3.05) is 13.9 Å². The molecule has 23 heavy (non-hydrogen) atoms. The molecule has 0 amide bonds. The van der Waals surface area contributed by atoms with Crippen molar-refractivity contribution in [2.24, 2.45) is 5.41 Å². The molecule has 0 aliphatic heterocycles. The highest BCUT2D eigenvalue weighted by molar-refractivity contribution is 6.06. The first-order chi connectivity index (χ1) is 11.1. The number of Topliss-reactive ketones (excluding diaryl/α,β-unsaturated/α-hetero) is 1. The van der Waals surface area contributed by atoms with Gasteiger partial charge in [0.05, 0.1) is 0 Å². The van der Waals surface area contributed by atoms with Crippen LogP contribution in [0.1, 0.15) is 57.1 Å². The van der Waals surface area contributed by atoms with E-state index in [1.807, 2.05) is 13.0 Å². The van der Waals surface area contributed by atoms with E-state index in [-0.39, 0.29) is 12.2 Å². The highest BCUT2D eigenvalue weighted by atomic mass is 16.7. The average Bonchev–Trinajstić information content (AvgIpc) is 2.89. The number of unbranched alkanes of at least 4 members (excludes halogenated alkanes) is 1. The maximum atomic E-state index is 12.3. The van der Waals surface area contributed by atoms with Gasteiger partial charge in [0.15, 0.2) is 12.6 Å². The Morgan fingerprint density at radius 2 is 2.13 bits per heavy atom. The number of ether oxygens (including phenoxy) is 2. The minimum Gasteiger partial charge on any atom is -0.468 e. The topological polar surface area (TPSA) is 35.5 Å². The lowest BCUT2D eigenvalue weighted by Crippen LogP contribution is -2.28. The van der Waals surface area contributed by atoms with E-state index in [9.17, 15) is 4.79 Å². The van der Waals surface area contributed by atoms with Crippen LogP contribution >= 0.6 is 0 Å². The van der Waals surface area contributed by atoms with Gasteiger partial charge in [0.25, 0.3) is 0 Å². The van der Waals surface area contributed by atoms with E-state index in [1.165, 1.54) is 36.0 Å². The molecule has 0 fully saturated rings. The van der Waals surface area contributed by atoms with Crippen LogP contribution in [0.3, 0.4) is 0 Å². The van der Waals surface area contributed by atoms with Crippen LogP contribution in [0.2, 0.25) is 0 Å². The van der Waals surface area contributed by atoms with Gasteiger partial charge in [-0.1, -0.05) is 25.8 Å². The van der Waals surface area contributed by atoms with Crippen LogP contribution in [0, 0.1) is 5.41 Å². The van der Waals surface area contributed by atoms with E-state index in [0.717, 1.165) is 24.2 Å². The normalized spacial score (nSPS) is 23.0. The molecule has 0 saturated heterocycles. The Balaban J connectivity index is 2.01. The van der Waals surface area contributed by atoms with Crippen LogP contribution in [-0.4, -0.2) is 19.7 Å². The van der Waals surface area contributed by atoms with E-state index in [4.69, 9.17) is 9.47 Å². The van der Waals surface area contributed by atoms with Crippen LogP contribution in [0.5, 0.6) is 5.75 Å². The number of carbonyl (C=O) groups excluding carboxylic acids is 1. The molecule has 3 heteroatoms. The van der Waals surface area contributed by atoms with Gasteiger partial charge in [-0.15, -0.1) is 0 Å². The summed E-state index contributed by atoms with van der Waals surface area (Å²) in [5, 5.41) is 0. The van der Waals surface area contributed by atoms with E-state index in [0.29, 0.717) is 12.2 Å². The average molecular weight is 314 g/mol. The molecule has 124 valence electrons. The fourth-order valence-electron chi connectivity index (χ4n) is 4.26. The number of fused-ring (bicyclic) bond motifs is 3. The summed E-state index contributed by atoms with van der Waals surface area (Å²) in [6.45, 7) is 4.52. The molecule has 3 nitrogen and oxygen atoms in total. The lowest BCUT2D eigenvalue weighted by Gasteiger charge is -2.36. The van der Waals surface area contributed by atoms with Crippen molar-refractivity contribution in [1.29, 1.82) is 0 Å². The van der Waals surface area contributed by atoms with Crippen LogP contribution in [0.25, 0.3) is 5.57 Å². The monoisotopic (exact) mass is 314 g/mol. The van der Waals surface area contributed by atoms with Crippen molar-refractivity contribution in [3.8, 4) is 5.75 Å². The summed E-state index contributed by atoms with van der Waals surface area (Å²) in [7, 11) is 1.63. The van der Waals surface area contributed by atoms with Crippen molar-refractivity contribution in [2.45, 2.75) is 52.4 Å². The lowest BCUT2D eigenvalue weighted by atomic mass is 9.67. The Bertz CT molecular complexity index is 644. The van der Waals surface area contributed by atoms with Gasteiger partial charge in [0, 0.05) is 18.9 Å². The molecule has 2 aliphatic rings. The first-order valence-electron chi connectivity index (χ1n) is 8.61. The third kappa shape index (κ3) is 2.83. The zero-order valence-electron chi connectivity index (χ0n) is 14.4. The highest BCUT2D eigenvalue weighted by Crippen LogP contribution is 2.56. The van der Waals surface area contributed by atoms with Crippen LogP contribution in [-0.2, 0) is 16.0 Å². The Kier molecular flexibility index (Phi) is 4.58. The number of hydrogen-bond acceptors (Lipinski definition) is 3. The number of hydrogen-bond donors (Lipinski definition) is 0. The number of methoxy groups -OCH3 is 1. The Morgan fingerprint density at radius 3 is 2.87 bits per heavy atom. The lowest BCUT2D eigenvalue weighted by molar-refractivity contribution is -0.116. The molecular formula is C20H26O3. The van der Waals surface area contributed by atoms with Crippen molar-refractivity contribution >= 4 is 11.4 Å². The second-order valence-corrected chi connectivity index (χ2v) is 6.85. The summed E-state index contributed by atoms with van der Waals surface area (Å²) in [6.07, 6.45) is 6.30. The van der Waals surface area contributed by atoms with Gasteiger partial charge in [-0.25, -0.2) is 0 Å². The van der Waals surface area contributed by atoms with Gasteiger partial charge >= 0.3 is 0 Å². The summed E-state index contributed by atoms with van der Waals surface area (Å²) < 4.78 is 10.6. The number of benzene rings is 1. The predicted molar refractivity (Wildman–Crippen MR) is 91.4 cm³/mol. The number of ketones is 1. The summed E-state index contributed by atoms with van der Waals surface area (Å²) in [6, 6.07) is 6.25. The zero-order valence-corrected chi connectivity index (χ0v) is 14.4. The number of allylic oxidation sites excluding steroid dienone is 2. The van der Waals surface area contributed by atoms with Gasteiger partial charge in [0.1, 0.15) is 5.75 Å². The molecule has 0 radical (unpaired) electrons. The summed E-state index contributed by atoms with van der Waals surface area (Å²) >= 11 is 0. The Morgan fingerprint density at radius 1 is 1.30 bits per heavy atom. The van der Waals surface area contributed by atoms with Gasteiger partial charge in [-0.2, -0.15) is 0 Å². The van der Waals surface area contributed by atoms with Gasteiger partial charge in [0.2, 0.25) is 0 Å².